The number of hydrogen-bond acceptors (Lipinski definition) is 6. The second kappa shape index (κ2) is 5.87. The first-order valence-electron chi connectivity index (χ1n) is 6.10. The van der Waals surface area contributed by atoms with Crippen LogP contribution in [0.4, 0.5) is 11.4 Å². The Morgan fingerprint density at radius 1 is 1.45 bits per heavy atom. The fraction of sp³-hybridized carbons (Fsp3) is 0.308. The molecule has 0 atom stereocenters. The Balaban J connectivity index is 2.25. The number of ether oxygens (including phenoxy) is 1. The van der Waals surface area contributed by atoms with Crippen LogP contribution in [0.1, 0.15) is 35.1 Å². The van der Waals surface area contributed by atoms with Crippen molar-refractivity contribution in [3.05, 3.63) is 28.8 Å². The number of nitrogens with two attached hydrogens (primary N) is 1. The van der Waals surface area contributed by atoms with E-state index in [2.05, 4.69) is 14.9 Å². The lowest BCUT2D eigenvalue weighted by Gasteiger charge is -2.10. The molecule has 7 heteroatoms. The van der Waals surface area contributed by atoms with E-state index < -0.39 is 0 Å². The van der Waals surface area contributed by atoms with Gasteiger partial charge in [0.1, 0.15) is 10.6 Å². The van der Waals surface area contributed by atoms with Crippen LogP contribution < -0.4 is 15.8 Å². The molecule has 0 saturated carbocycles. The van der Waals surface area contributed by atoms with E-state index >= 15 is 0 Å². The number of carbonyl (C=O) groups is 1. The molecule has 3 N–H and O–H groups in total. The third-order valence-corrected chi connectivity index (χ3v) is 3.52. The van der Waals surface area contributed by atoms with Crippen molar-refractivity contribution < 1.29 is 9.53 Å². The molecule has 6 nitrogen and oxygen atoms in total. The van der Waals surface area contributed by atoms with E-state index in [9.17, 15) is 4.79 Å². The number of anilines is 2. The number of nitrogens with one attached hydrogen (secondary N) is 1. The Morgan fingerprint density at radius 2 is 2.20 bits per heavy atom. The second-order valence-corrected chi connectivity index (χ2v) is 5.30. The van der Waals surface area contributed by atoms with Crippen LogP contribution in [0.3, 0.4) is 0 Å². The number of methoxy groups -OCH3 is 1. The Labute approximate surface area is 121 Å². The van der Waals surface area contributed by atoms with E-state index in [-0.39, 0.29) is 11.8 Å². The van der Waals surface area contributed by atoms with Gasteiger partial charge in [0, 0.05) is 6.07 Å². The summed E-state index contributed by atoms with van der Waals surface area (Å²) in [4.78, 5) is 12.8. The summed E-state index contributed by atoms with van der Waals surface area (Å²) >= 11 is 1.08. The molecule has 1 aromatic heterocycles. The summed E-state index contributed by atoms with van der Waals surface area (Å²) in [5.74, 6) is 0.502. The van der Waals surface area contributed by atoms with Gasteiger partial charge in [-0.25, -0.2) is 0 Å². The van der Waals surface area contributed by atoms with Gasteiger partial charge >= 0.3 is 0 Å². The van der Waals surface area contributed by atoms with Crippen LogP contribution in [0.2, 0.25) is 0 Å². The summed E-state index contributed by atoms with van der Waals surface area (Å²) < 4.78 is 8.95. The predicted octanol–water partition coefficient (Wildman–Crippen LogP) is 2.50. The minimum atomic E-state index is -0.261. The fourth-order valence-corrected chi connectivity index (χ4v) is 2.40. The standard InChI is InChI=1S/C13H16N4O2S/c1-7(2)11-12(20-17-16-11)13(18)15-10-6-8(19-3)4-5-9(10)14/h4-7H,14H2,1-3H3,(H,15,18). The Kier molecular flexibility index (Phi) is 4.19. The largest absolute Gasteiger partial charge is 0.497 e. The maximum Gasteiger partial charge on any atom is 0.269 e. The van der Waals surface area contributed by atoms with Crippen molar-refractivity contribution in [2.45, 2.75) is 19.8 Å². The zero-order valence-corrected chi connectivity index (χ0v) is 12.3. The number of nitrogen functional groups attached to an aromatic ring is 1. The van der Waals surface area contributed by atoms with Crippen molar-refractivity contribution in [1.29, 1.82) is 0 Å². The molecule has 0 radical (unpaired) electrons. The molecule has 0 aliphatic carbocycles. The third kappa shape index (κ3) is 2.88. The molecule has 0 aliphatic rings. The van der Waals surface area contributed by atoms with Crippen LogP contribution in [-0.2, 0) is 0 Å². The van der Waals surface area contributed by atoms with E-state index in [1.807, 2.05) is 13.8 Å². The summed E-state index contributed by atoms with van der Waals surface area (Å²) in [5, 5.41) is 6.76. The molecule has 106 valence electrons. The smallest absolute Gasteiger partial charge is 0.269 e. The molecule has 0 bridgehead atoms. The summed E-state index contributed by atoms with van der Waals surface area (Å²) in [5.41, 5.74) is 7.52. The first-order chi connectivity index (χ1) is 9.52. The Bertz CT molecular complexity index is 625. The minimum absolute atomic E-state index is 0.136. The Morgan fingerprint density at radius 3 is 2.85 bits per heavy atom. The maximum atomic E-state index is 12.3. The third-order valence-electron chi connectivity index (χ3n) is 2.78. The Hall–Kier alpha value is -2.15. The quantitative estimate of drug-likeness (QED) is 0.845. The number of aromatic nitrogens is 2. The van der Waals surface area contributed by atoms with Crippen molar-refractivity contribution in [3.63, 3.8) is 0 Å². The number of rotatable bonds is 4. The molecule has 1 amide bonds. The van der Waals surface area contributed by atoms with E-state index in [1.54, 1.807) is 25.3 Å². The topological polar surface area (TPSA) is 90.1 Å². The molecule has 1 heterocycles. The zero-order valence-electron chi connectivity index (χ0n) is 11.5. The van der Waals surface area contributed by atoms with Gasteiger partial charge in [-0.2, -0.15) is 0 Å². The minimum Gasteiger partial charge on any atom is -0.497 e. The average Bonchev–Trinajstić information content (AvgIpc) is 2.90. The summed E-state index contributed by atoms with van der Waals surface area (Å²) in [6.45, 7) is 3.93. The number of benzene rings is 1. The average molecular weight is 292 g/mol. The predicted molar refractivity (Wildman–Crippen MR) is 79.4 cm³/mol. The van der Waals surface area contributed by atoms with Crippen LogP contribution in [0.15, 0.2) is 18.2 Å². The van der Waals surface area contributed by atoms with Crippen LogP contribution in [-0.4, -0.2) is 22.6 Å². The van der Waals surface area contributed by atoms with Crippen molar-refractivity contribution in [1.82, 2.24) is 9.59 Å². The lowest BCUT2D eigenvalue weighted by molar-refractivity contribution is 0.102. The molecule has 0 saturated heterocycles. The van der Waals surface area contributed by atoms with Crippen LogP contribution in [0, 0.1) is 0 Å². The normalized spacial score (nSPS) is 10.6. The van der Waals surface area contributed by atoms with Gasteiger partial charge in [-0.1, -0.05) is 18.3 Å². The highest BCUT2D eigenvalue weighted by Crippen LogP contribution is 2.26. The monoisotopic (exact) mass is 292 g/mol. The summed E-state index contributed by atoms with van der Waals surface area (Å²) in [6.07, 6.45) is 0. The first-order valence-corrected chi connectivity index (χ1v) is 6.87. The van der Waals surface area contributed by atoms with Crippen LogP contribution >= 0.6 is 11.5 Å². The molecule has 1 aromatic carbocycles. The van der Waals surface area contributed by atoms with Crippen LogP contribution in [0.25, 0.3) is 0 Å². The number of hydrogen-bond donors (Lipinski definition) is 2. The fourth-order valence-electron chi connectivity index (χ4n) is 1.68. The highest BCUT2D eigenvalue weighted by Gasteiger charge is 2.19. The molecular weight excluding hydrogens is 276 g/mol. The molecule has 0 unspecified atom stereocenters. The second-order valence-electron chi connectivity index (χ2n) is 4.55. The van der Waals surface area contributed by atoms with Gasteiger partial charge in [-0.3, -0.25) is 4.79 Å². The van der Waals surface area contributed by atoms with E-state index in [4.69, 9.17) is 10.5 Å². The number of carbonyl (C=O) groups excluding carboxylic acids is 1. The van der Waals surface area contributed by atoms with Gasteiger partial charge in [0.2, 0.25) is 0 Å². The van der Waals surface area contributed by atoms with Gasteiger partial charge < -0.3 is 15.8 Å². The van der Waals surface area contributed by atoms with Crippen molar-refractivity contribution in [2.24, 2.45) is 0 Å². The summed E-state index contributed by atoms with van der Waals surface area (Å²) in [6, 6.07) is 5.10. The van der Waals surface area contributed by atoms with E-state index in [0.717, 1.165) is 11.5 Å². The van der Waals surface area contributed by atoms with Gasteiger partial charge in [0.25, 0.3) is 5.91 Å². The SMILES string of the molecule is COc1ccc(N)c(NC(=O)c2snnc2C(C)C)c1. The van der Waals surface area contributed by atoms with Gasteiger partial charge in [-0.15, -0.1) is 5.10 Å². The molecule has 0 spiro atoms. The van der Waals surface area contributed by atoms with E-state index in [0.29, 0.717) is 27.7 Å². The number of nitrogens with zero attached hydrogens (tertiary/aromatic N) is 2. The molecule has 2 aromatic rings. The molecular formula is C13H16N4O2S. The lowest BCUT2D eigenvalue weighted by atomic mass is 10.1. The van der Waals surface area contributed by atoms with E-state index in [1.165, 1.54) is 0 Å². The summed E-state index contributed by atoms with van der Waals surface area (Å²) in [7, 11) is 1.56. The molecule has 2 rings (SSSR count). The highest BCUT2D eigenvalue weighted by atomic mass is 32.1. The molecule has 0 aliphatic heterocycles. The lowest BCUT2D eigenvalue weighted by Crippen LogP contribution is -2.14. The first kappa shape index (κ1) is 14.3. The highest BCUT2D eigenvalue weighted by molar-refractivity contribution is 7.08. The molecule has 20 heavy (non-hydrogen) atoms. The van der Waals surface area contributed by atoms with Crippen molar-refractivity contribution in [3.8, 4) is 5.75 Å². The molecule has 0 fully saturated rings. The van der Waals surface area contributed by atoms with Crippen molar-refractivity contribution >= 4 is 28.8 Å². The van der Waals surface area contributed by atoms with Crippen molar-refractivity contribution in [2.75, 3.05) is 18.2 Å². The number of amides is 1. The van der Waals surface area contributed by atoms with Crippen LogP contribution in [0.5, 0.6) is 5.75 Å². The van der Waals surface area contributed by atoms with Gasteiger partial charge in [0.05, 0.1) is 24.2 Å². The zero-order chi connectivity index (χ0) is 14.7. The van der Waals surface area contributed by atoms with Gasteiger partial charge in [-0.05, 0) is 29.6 Å². The maximum absolute atomic E-state index is 12.3. The van der Waals surface area contributed by atoms with Gasteiger partial charge in [0.15, 0.2) is 0 Å².